The molecule has 1 aromatic heterocycles. The first-order valence-electron chi connectivity index (χ1n) is 12.9. The van der Waals surface area contributed by atoms with E-state index in [1.165, 1.54) is 0 Å². The van der Waals surface area contributed by atoms with Crippen molar-refractivity contribution >= 4 is 22.7 Å². The van der Waals surface area contributed by atoms with Crippen molar-refractivity contribution in [2.24, 2.45) is 0 Å². The first-order valence-corrected chi connectivity index (χ1v) is 8.90. The Morgan fingerprint density at radius 3 is 2.97 bits per heavy atom. The van der Waals surface area contributed by atoms with E-state index in [-0.39, 0.29) is 35.1 Å². The van der Waals surface area contributed by atoms with Crippen LogP contribution < -0.4 is 9.47 Å². The highest BCUT2D eigenvalue weighted by Crippen LogP contribution is 2.44. The van der Waals surface area contributed by atoms with Crippen molar-refractivity contribution in [2.45, 2.75) is 18.4 Å². The highest BCUT2D eigenvalue weighted by atomic mass is 16.7. The Hall–Kier alpha value is -3.48. The molecule has 29 heavy (non-hydrogen) atoms. The number of nitrogens with one attached hydrogen (secondary N) is 1. The van der Waals surface area contributed by atoms with Crippen LogP contribution in [0.2, 0.25) is 0 Å². The summed E-state index contributed by atoms with van der Waals surface area (Å²) in [5.41, 5.74) is -0.0723. The third-order valence-electron chi connectivity index (χ3n) is 5.19. The Bertz CT molecular complexity index is 1560. The molecule has 146 valence electrons. The SMILES string of the molecule is [2H]c1c([2H])c(C2c3[nH]c4ccccc4c3C([2H])([2H])[C@]3([2H])C(=O)N(C)C([2H])([2H])C(=O)N23)c([2H])c2c1OCO2. The second kappa shape index (κ2) is 5.76. The maximum atomic E-state index is 13.7. The lowest BCUT2D eigenvalue weighted by atomic mass is 9.86. The van der Waals surface area contributed by atoms with Crippen LogP contribution in [0.1, 0.15) is 33.8 Å². The Balaban J connectivity index is 1.79. The monoisotopic (exact) mass is 397 g/mol. The topological polar surface area (TPSA) is 74.9 Å². The molecule has 0 bridgehead atoms. The Labute approximate surface area is 178 Å². The fraction of sp³-hybridized carbons (Fsp3) is 0.273. The molecular formula is C22H19N3O4. The van der Waals surface area contributed by atoms with Gasteiger partial charge < -0.3 is 24.3 Å². The van der Waals surface area contributed by atoms with E-state index in [9.17, 15) is 11.0 Å². The molecule has 0 saturated carbocycles. The summed E-state index contributed by atoms with van der Waals surface area (Å²) in [6.07, 6.45) is -2.85. The number of hydrogen-bond acceptors (Lipinski definition) is 4. The van der Waals surface area contributed by atoms with Crippen LogP contribution in [-0.4, -0.2) is 53.0 Å². The minimum absolute atomic E-state index is 0.0316. The molecule has 6 rings (SSSR count). The summed E-state index contributed by atoms with van der Waals surface area (Å²) in [4.78, 5) is 31.2. The molecule has 1 unspecified atom stereocenters. The number of hydrogen-bond donors (Lipinski definition) is 1. The van der Waals surface area contributed by atoms with Gasteiger partial charge >= 0.3 is 0 Å². The zero-order valence-electron chi connectivity index (χ0n) is 23.1. The Morgan fingerprint density at radius 2 is 2.07 bits per heavy atom. The van der Waals surface area contributed by atoms with Crippen LogP contribution in [0.3, 0.4) is 0 Å². The van der Waals surface area contributed by atoms with Gasteiger partial charge in [-0.2, -0.15) is 0 Å². The number of aromatic nitrogens is 1. The number of rotatable bonds is 1. The van der Waals surface area contributed by atoms with Gasteiger partial charge in [-0.25, -0.2) is 0 Å². The number of H-pyrrole nitrogens is 1. The maximum Gasteiger partial charge on any atom is 0.245 e. The molecule has 3 aliphatic heterocycles. The first kappa shape index (κ1) is 10.3. The van der Waals surface area contributed by atoms with Crippen LogP contribution in [0.25, 0.3) is 10.9 Å². The molecule has 4 heterocycles. The molecule has 3 aliphatic rings. The molecule has 0 aliphatic carbocycles. The van der Waals surface area contributed by atoms with Crippen LogP contribution in [0.5, 0.6) is 11.5 Å². The van der Waals surface area contributed by atoms with E-state index in [1.54, 1.807) is 24.3 Å². The van der Waals surface area contributed by atoms with Crippen LogP contribution in [0.4, 0.5) is 0 Å². The van der Waals surface area contributed by atoms with Gasteiger partial charge in [-0.3, -0.25) is 9.59 Å². The van der Waals surface area contributed by atoms with Crippen molar-refractivity contribution in [2.75, 3.05) is 20.3 Å². The average Bonchev–Trinajstić information content (AvgIpc) is 3.49. The molecular weight excluding hydrogens is 370 g/mol. The molecule has 1 fully saturated rings. The number of aromatic amines is 1. The highest BCUT2D eigenvalue weighted by Gasteiger charge is 2.47. The van der Waals surface area contributed by atoms with Crippen LogP contribution in [0.15, 0.2) is 42.4 Å². The third-order valence-corrected chi connectivity index (χ3v) is 5.19. The number of nitrogens with zero attached hydrogens (tertiary/aromatic N) is 2. The van der Waals surface area contributed by atoms with Gasteiger partial charge in [0.15, 0.2) is 11.5 Å². The minimum Gasteiger partial charge on any atom is -0.454 e. The summed E-state index contributed by atoms with van der Waals surface area (Å²) >= 11 is 0. The second-order valence-corrected chi connectivity index (χ2v) is 6.84. The molecule has 7 nitrogen and oxygen atoms in total. The van der Waals surface area contributed by atoms with E-state index < -0.39 is 54.9 Å². The lowest BCUT2D eigenvalue weighted by Crippen LogP contribution is -2.62. The summed E-state index contributed by atoms with van der Waals surface area (Å²) < 4.78 is 80.4. The molecule has 3 aromatic rings. The van der Waals surface area contributed by atoms with E-state index in [1.807, 2.05) is 0 Å². The standard InChI is InChI=1S/C22H19N3O4/c1-24-10-19(26)25-16(22(24)27)9-14-13-4-2-3-5-15(13)23-20(14)21(25)12-6-7-17-18(8-12)29-11-28-17/h2-8,16,21,23H,9-11H2,1H3/t16-,21?/m1/s1/i6D,7D,8D,9D2,10D2,16D. The van der Waals surface area contributed by atoms with Gasteiger partial charge in [0, 0.05) is 32.8 Å². The highest BCUT2D eigenvalue weighted by molar-refractivity contribution is 5.97. The molecule has 0 spiro atoms. The molecule has 1 N–H and O–H groups in total. The van der Waals surface area contributed by atoms with Crippen LogP contribution in [-0.2, 0) is 16.0 Å². The van der Waals surface area contributed by atoms with Crippen molar-refractivity contribution < 1.29 is 30.0 Å². The van der Waals surface area contributed by atoms with E-state index in [2.05, 4.69) is 4.98 Å². The van der Waals surface area contributed by atoms with Crippen LogP contribution in [0, 0.1) is 0 Å². The van der Waals surface area contributed by atoms with E-state index in [0.717, 1.165) is 7.05 Å². The van der Waals surface area contributed by atoms with Gasteiger partial charge in [0.05, 0.1) is 20.8 Å². The number of benzene rings is 2. The summed E-state index contributed by atoms with van der Waals surface area (Å²) in [5, 5.41) is 0.320. The quantitative estimate of drug-likeness (QED) is 0.683. The molecule has 7 heteroatoms. The van der Waals surface area contributed by atoms with Crippen molar-refractivity contribution in [3.63, 3.8) is 0 Å². The van der Waals surface area contributed by atoms with E-state index in [0.29, 0.717) is 20.7 Å². The largest absolute Gasteiger partial charge is 0.454 e. The van der Waals surface area contributed by atoms with Crippen molar-refractivity contribution in [3.05, 3.63) is 59.2 Å². The molecule has 2 aromatic carbocycles. The van der Waals surface area contributed by atoms with Gasteiger partial charge in [0.1, 0.15) is 6.02 Å². The number of likely N-dealkylation sites (N-methyl/N-ethyl adjacent to an activating group) is 1. The summed E-state index contributed by atoms with van der Waals surface area (Å²) in [5.74, 6) is -3.03. The van der Waals surface area contributed by atoms with Gasteiger partial charge in [0.25, 0.3) is 0 Å². The first-order chi connectivity index (χ1) is 17.3. The van der Waals surface area contributed by atoms with E-state index >= 15 is 0 Å². The van der Waals surface area contributed by atoms with E-state index in [4.69, 9.17) is 19.1 Å². The van der Waals surface area contributed by atoms with Crippen molar-refractivity contribution in [1.29, 1.82) is 0 Å². The predicted molar refractivity (Wildman–Crippen MR) is 105 cm³/mol. The van der Waals surface area contributed by atoms with Gasteiger partial charge in [-0.05, 0) is 29.3 Å². The Kier molecular flexibility index (Phi) is 2.05. The molecule has 2 atom stereocenters. The number of fused-ring (bicyclic) bond motifs is 5. The van der Waals surface area contributed by atoms with Gasteiger partial charge in [-0.15, -0.1) is 0 Å². The van der Waals surface area contributed by atoms with Gasteiger partial charge in [-0.1, -0.05) is 24.2 Å². The zero-order chi connectivity index (χ0) is 26.8. The third kappa shape index (κ3) is 2.24. The summed E-state index contributed by atoms with van der Waals surface area (Å²) in [7, 11) is 0.984. The van der Waals surface area contributed by atoms with Crippen molar-refractivity contribution in [3.8, 4) is 11.5 Å². The number of carbonyl (C=O) groups excluding carboxylic acids is 2. The summed E-state index contributed by atoms with van der Waals surface area (Å²) in [6, 6.07) is 0.372. The fourth-order valence-electron chi connectivity index (χ4n) is 3.87. The number of amides is 2. The number of para-hydroxylation sites is 1. The normalized spacial score (nSPS) is 32.8. The molecule has 1 saturated heterocycles. The predicted octanol–water partition coefficient (Wildman–Crippen LogP) is 2.21. The number of piperazine rings is 1. The lowest BCUT2D eigenvalue weighted by molar-refractivity contribution is -0.157. The van der Waals surface area contributed by atoms with Crippen LogP contribution >= 0.6 is 0 Å². The summed E-state index contributed by atoms with van der Waals surface area (Å²) in [6.45, 7) is -3.26. The Morgan fingerprint density at radius 1 is 1.24 bits per heavy atom. The lowest BCUT2D eigenvalue weighted by Gasteiger charge is -2.46. The minimum atomic E-state index is -3.01. The molecule has 0 radical (unpaired) electrons. The van der Waals surface area contributed by atoms with Gasteiger partial charge in [0.2, 0.25) is 18.6 Å². The number of ether oxygens (including phenoxy) is 2. The molecule has 2 amide bonds. The second-order valence-electron chi connectivity index (χ2n) is 6.84. The average molecular weight is 397 g/mol. The maximum absolute atomic E-state index is 13.7. The number of carbonyl (C=O) groups is 2. The smallest absolute Gasteiger partial charge is 0.245 e. The zero-order valence-corrected chi connectivity index (χ0v) is 15.1. The van der Waals surface area contributed by atoms with Crippen molar-refractivity contribution in [1.82, 2.24) is 14.8 Å². The fourth-order valence-corrected chi connectivity index (χ4v) is 3.87.